The van der Waals surface area contributed by atoms with E-state index in [-0.39, 0.29) is 18.8 Å². The third kappa shape index (κ3) is 4.77. The number of carbonyl (C=O) groups excluding carboxylic acids is 1. The number of benzene rings is 1. The van der Waals surface area contributed by atoms with Gasteiger partial charge < -0.3 is 16.2 Å². The number of anilines is 1. The maximum absolute atomic E-state index is 11.3. The molecule has 88 valence electrons. The van der Waals surface area contributed by atoms with Crippen LogP contribution in [0.25, 0.3) is 0 Å². The zero-order valence-corrected chi connectivity index (χ0v) is 9.24. The van der Waals surface area contributed by atoms with Crippen LogP contribution in [0.15, 0.2) is 30.3 Å². The fourth-order valence-electron chi connectivity index (χ4n) is 1.04. The van der Waals surface area contributed by atoms with Crippen LogP contribution < -0.4 is 11.1 Å². The van der Waals surface area contributed by atoms with Crippen molar-refractivity contribution < 1.29 is 14.7 Å². The topological polar surface area (TPSA) is 92.4 Å². The van der Waals surface area contributed by atoms with Crippen molar-refractivity contribution >= 4 is 30.0 Å². The summed E-state index contributed by atoms with van der Waals surface area (Å²) in [4.78, 5) is 21.7. The summed E-state index contributed by atoms with van der Waals surface area (Å²) in [6.07, 6.45) is -0.376. The Bertz CT molecular complexity index is 356. The Morgan fingerprint density at radius 3 is 2.38 bits per heavy atom. The predicted octanol–water partition coefficient (Wildman–Crippen LogP) is 0.849. The lowest BCUT2D eigenvalue weighted by Gasteiger charge is -2.09. The Morgan fingerprint density at radius 1 is 1.31 bits per heavy atom. The van der Waals surface area contributed by atoms with Crippen LogP contribution in [0.4, 0.5) is 5.69 Å². The van der Waals surface area contributed by atoms with Crippen molar-refractivity contribution in [3.63, 3.8) is 0 Å². The van der Waals surface area contributed by atoms with E-state index in [4.69, 9.17) is 10.8 Å². The lowest BCUT2D eigenvalue weighted by atomic mass is 10.2. The minimum atomic E-state index is -1.09. The van der Waals surface area contributed by atoms with Gasteiger partial charge in [0.2, 0.25) is 5.91 Å². The van der Waals surface area contributed by atoms with Crippen LogP contribution in [-0.4, -0.2) is 23.0 Å². The number of para-hydroxylation sites is 1. The summed E-state index contributed by atoms with van der Waals surface area (Å²) in [6, 6.07) is 7.71. The minimum absolute atomic E-state index is 0. The first-order valence-corrected chi connectivity index (χ1v) is 4.43. The van der Waals surface area contributed by atoms with E-state index in [1.165, 1.54) is 0 Å². The molecule has 0 fully saturated rings. The molecule has 1 rings (SSSR count). The average molecular weight is 245 g/mol. The van der Waals surface area contributed by atoms with Crippen LogP contribution in [0.3, 0.4) is 0 Å². The lowest BCUT2D eigenvalue weighted by molar-refractivity contribution is -0.138. The number of carboxylic acids is 1. The molecule has 1 aromatic carbocycles. The summed E-state index contributed by atoms with van der Waals surface area (Å²) in [5, 5.41) is 11.0. The molecular weight excluding hydrogens is 232 g/mol. The van der Waals surface area contributed by atoms with Crippen LogP contribution in [0, 0.1) is 0 Å². The van der Waals surface area contributed by atoms with Crippen LogP contribution in [0.2, 0.25) is 0 Å². The van der Waals surface area contributed by atoms with Crippen molar-refractivity contribution in [1.82, 2.24) is 0 Å². The normalized spacial score (nSPS) is 11.1. The van der Waals surface area contributed by atoms with Gasteiger partial charge in [0.1, 0.15) is 0 Å². The molecule has 1 unspecified atom stereocenters. The number of hydrogen-bond donors (Lipinski definition) is 3. The molecule has 1 amide bonds. The summed E-state index contributed by atoms with van der Waals surface area (Å²) in [5.74, 6) is -1.59. The molecule has 0 radical (unpaired) electrons. The van der Waals surface area contributed by atoms with E-state index in [9.17, 15) is 9.59 Å². The molecule has 0 saturated heterocycles. The molecule has 0 saturated carbocycles. The number of hydrogen-bond acceptors (Lipinski definition) is 3. The predicted molar refractivity (Wildman–Crippen MR) is 62.5 cm³/mol. The number of amides is 1. The van der Waals surface area contributed by atoms with E-state index in [0.717, 1.165) is 0 Å². The number of nitrogens with two attached hydrogens (primary N) is 1. The highest BCUT2D eigenvalue weighted by Crippen LogP contribution is 2.05. The Balaban J connectivity index is 0.00000225. The Labute approximate surface area is 99.1 Å². The molecule has 6 heteroatoms. The van der Waals surface area contributed by atoms with Gasteiger partial charge in [-0.1, -0.05) is 18.2 Å². The molecule has 1 aromatic rings. The van der Waals surface area contributed by atoms with E-state index in [1.54, 1.807) is 24.3 Å². The van der Waals surface area contributed by atoms with Gasteiger partial charge in [-0.25, -0.2) is 0 Å². The molecule has 0 aromatic heterocycles. The summed E-state index contributed by atoms with van der Waals surface area (Å²) >= 11 is 0. The van der Waals surface area contributed by atoms with Gasteiger partial charge in [0.15, 0.2) is 0 Å². The van der Waals surface area contributed by atoms with Crippen molar-refractivity contribution in [2.75, 3.05) is 5.32 Å². The van der Waals surface area contributed by atoms with Crippen molar-refractivity contribution in [2.45, 2.75) is 12.5 Å². The second-order valence-corrected chi connectivity index (χ2v) is 3.06. The maximum atomic E-state index is 11.3. The third-order valence-corrected chi connectivity index (χ3v) is 1.77. The summed E-state index contributed by atoms with van der Waals surface area (Å²) in [6.45, 7) is 0. The van der Waals surface area contributed by atoms with Crippen molar-refractivity contribution in [1.29, 1.82) is 0 Å². The standard InChI is InChI=1S/C10H12N2O3.ClH/c11-8(6-9(13)14)10(15)12-7-4-2-1-3-5-7;/h1-5,8H,6,11H2,(H,12,15)(H,13,14);1H. The fourth-order valence-corrected chi connectivity index (χ4v) is 1.04. The fraction of sp³-hybridized carbons (Fsp3) is 0.200. The third-order valence-electron chi connectivity index (χ3n) is 1.77. The summed E-state index contributed by atoms with van der Waals surface area (Å²) in [5.41, 5.74) is 5.97. The van der Waals surface area contributed by atoms with Gasteiger partial charge in [-0.3, -0.25) is 9.59 Å². The van der Waals surface area contributed by atoms with E-state index in [2.05, 4.69) is 5.32 Å². The summed E-state index contributed by atoms with van der Waals surface area (Å²) < 4.78 is 0. The zero-order valence-electron chi connectivity index (χ0n) is 8.42. The van der Waals surface area contributed by atoms with Gasteiger partial charge >= 0.3 is 5.97 Å². The first kappa shape index (κ1) is 14.4. The molecular formula is C10H13ClN2O3. The van der Waals surface area contributed by atoms with Crippen LogP contribution >= 0.6 is 12.4 Å². The molecule has 5 nitrogen and oxygen atoms in total. The Hall–Kier alpha value is -1.59. The molecule has 0 spiro atoms. The highest BCUT2D eigenvalue weighted by Gasteiger charge is 2.16. The quantitative estimate of drug-likeness (QED) is 0.732. The average Bonchev–Trinajstić information content (AvgIpc) is 2.18. The first-order valence-electron chi connectivity index (χ1n) is 4.43. The Morgan fingerprint density at radius 2 is 1.88 bits per heavy atom. The van der Waals surface area contributed by atoms with Crippen LogP contribution in [0.1, 0.15) is 6.42 Å². The molecule has 1 atom stereocenters. The monoisotopic (exact) mass is 244 g/mol. The minimum Gasteiger partial charge on any atom is -0.481 e. The molecule has 0 aliphatic rings. The van der Waals surface area contributed by atoms with Gasteiger partial charge in [-0.2, -0.15) is 0 Å². The van der Waals surface area contributed by atoms with Gasteiger partial charge in [0.25, 0.3) is 0 Å². The SMILES string of the molecule is Cl.NC(CC(=O)O)C(=O)Nc1ccccc1. The highest BCUT2D eigenvalue weighted by molar-refractivity contribution is 5.96. The zero-order chi connectivity index (χ0) is 11.3. The molecule has 0 heterocycles. The van der Waals surface area contributed by atoms with E-state index >= 15 is 0 Å². The molecule has 0 aliphatic heterocycles. The second-order valence-electron chi connectivity index (χ2n) is 3.06. The van der Waals surface area contributed by atoms with E-state index in [0.29, 0.717) is 5.69 Å². The first-order chi connectivity index (χ1) is 7.09. The van der Waals surface area contributed by atoms with Gasteiger partial charge in [0.05, 0.1) is 12.5 Å². The number of nitrogens with one attached hydrogen (secondary N) is 1. The van der Waals surface area contributed by atoms with Gasteiger partial charge in [0, 0.05) is 5.69 Å². The van der Waals surface area contributed by atoms with Gasteiger partial charge in [-0.05, 0) is 12.1 Å². The number of aliphatic carboxylic acids is 1. The largest absolute Gasteiger partial charge is 0.481 e. The number of rotatable bonds is 4. The second kappa shape index (κ2) is 6.81. The smallest absolute Gasteiger partial charge is 0.305 e. The molecule has 16 heavy (non-hydrogen) atoms. The summed E-state index contributed by atoms with van der Waals surface area (Å²) in [7, 11) is 0. The lowest BCUT2D eigenvalue weighted by Crippen LogP contribution is -2.37. The number of carbonyl (C=O) groups is 2. The molecule has 0 aliphatic carbocycles. The highest BCUT2D eigenvalue weighted by atomic mass is 35.5. The van der Waals surface area contributed by atoms with E-state index < -0.39 is 17.9 Å². The molecule has 0 bridgehead atoms. The van der Waals surface area contributed by atoms with E-state index in [1.807, 2.05) is 6.07 Å². The molecule has 4 N–H and O–H groups in total. The van der Waals surface area contributed by atoms with Crippen molar-refractivity contribution in [3.8, 4) is 0 Å². The van der Waals surface area contributed by atoms with Crippen LogP contribution in [-0.2, 0) is 9.59 Å². The van der Waals surface area contributed by atoms with Crippen molar-refractivity contribution in [3.05, 3.63) is 30.3 Å². The number of carboxylic acid groups (broad SMARTS) is 1. The number of halogens is 1. The Kier molecular flexibility index (Phi) is 6.14. The van der Waals surface area contributed by atoms with Crippen molar-refractivity contribution in [2.24, 2.45) is 5.73 Å². The van der Waals surface area contributed by atoms with Crippen LogP contribution in [0.5, 0.6) is 0 Å². The maximum Gasteiger partial charge on any atom is 0.305 e. The van der Waals surface area contributed by atoms with Gasteiger partial charge in [-0.15, -0.1) is 12.4 Å².